The number of nitrogens with one attached hydrogen (secondary N) is 1. The van der Waals surface area contributed by atoms with Gasteiger partial charge in [0.2, 0.25) is 0 Å². The van der Waals surface area contributed by atoms with Gasteiger partial charge in [0.1, 0.15) is 21.5 Å². The van der Waals surface area contributed by atoms with Gasteiger partial charge in [-0.25, -0.2) is 4.79 Å². The van der Waals surface area contributed by atoms with E-state index < -0.39 is 0 Å². The van der Waals surface area contributed by atoms with E-state index in [0.29, 0.717) is 19.0 Å². The Morgan fingerprint density at radius 1 is 1.00 bits per heavy atom. The first-order valence-corrected chi connectivity index (χ1v) is 11.1. The Morgan fingerprint density at radius 2 is 1.61 bits per heavy atom. The second-order valence-electron chi connectivity index (χ2n) is 7.48. The maximum Gasteiger partial charge on any atom is 0.321 e. The third kappa shape index (κ3) is 5.32. The normalized spacial score (nSPS) is 14.3. The summed E-state index contributed by atoms with van der Waals surface area (Å²) in [5, 5.41) is 13.9. The first-order valence-electron chi connectivity index (χ1n) is 10.3. The molecule has 2 heterocycles. The summed E-state index contributed by atoms with van der Waals surface area (Å²) in [6, 6.07) is 15.3. The van der Waals surface area contributed by atoms with E-state index in [4.69, 9.17) is 9.47 Å². The van der Waals surface area contributed by atoms with Crippen LogP contribution in [0.3, 0.4) is 0 Å². The summed E-state index contributed by atoms with van der Waals surface area (Å²) < 4.78 is 10.4. The zero-order chi connectivity index (χ0) is 21.6. The van der Waals surface area contributed by atoms with Gasteiger partial charge in [0, 0.05) is 31.1 Å². The molecule has 2 aromatic carbocycles. The largest absolute Gasteiger partial charge is 0.497 e. The van der Waals surface area contributed by atoms with Crippen LogP contribution in [0.25, 0.3) is 0 Å². The van der Waals surface area contributed by atoms with Gasteiger partial charge in [-0.3, -0.25) is 0 Å². The van der Waals surface area contributed by atoms with Crippen molar-refractivity contribution < 1.29 is 14.3 Å². The minimum atomic E-state index is -0.0684. The van der Waals surface area contributed by atoms with Gasteiger partial charge in [-0.15, -0.1) is 21.5 Å². The minimum absolute atomic E-state index is 0.0684. The molecule has 0 spiro atoms. The van der Waals surface area contributed by atoms with E-state index in [-0.39, 0.29) is 6.03 Å². The molecule has 1 fully saturated rings. The molecule has 7 nitrogen and oxygen atoms in total. The van der Waals surface area contributed by atoms with Crippen LogP contribution in [0.4, 0.5) is 10.5 Å². The van der Waals surface area contributed by atoms with Crippen molar-refractivity contribution in [2.75, 3.05) is 32.6 Å². The number of rotatable bonds is 6. The monoisotopic (exact) mass is 438 g/mol. The number of benzene rings is 2. The smallest absolute Gasteiger partial charge is 0.321 e. The Hall–Kier alpha value is -3.13. The highest BCUT2D eigenvalue weighted by Crippen LogP contribution is 2.31. The van der Waals surface area contributed by atoms with Gasteiger partial charge in [-0.2, -0.15) is 0 Å². The third-order valence-electron chi connectivity index (χ3n) is 5.47. The van der Waals surface area contributed by atoms with Gasteiger partial charge < -0.3 is 19.7 Å². The molecule has 0 aliphatic carbocycles. The van der Waals surface area contributed by atoms with Crippen molar-refractivity contribution in [2.24, 2.45) is 0 Å². The van der Waals surface area contributed by atoms with E-state index in [0.717, 1.165) is 46.5 Å². The highest BCUT2D eigenvalue weighted by atomic mass is 32.1. The predicted molar refractivity (Wildman–Crippen MR) is 121 cm³/mol. The van der Waals surface area contributed by atoms with Crippen LogP contribution >= 0.6 is 11.3 Å². The third-order valence-corrected chi connectivity index (χ3v) is 6.56. The van der Waals surface area contributed by atoms with E-state index in [1.54, 1.807) is 25.6 Å². The molecule has 4 rings (SSSR count). The lowest BCUT2D eigenvalue weighted by Crippen LogP contribution is -2.40. The molecule has 31 heavy (non-hydrogen) atoms. The van der Waals surface area contributed by atoms with Gasteiger partial charge in [-0.05, 0) is 54.8 Å². The average molecular weight is 439 g/mol. The van der Waals surface area contributed by atoms with Crippen molar-refractivity contribution in [3.63, 3.8) is 0 Å². The first kappa shape index (κ1) is 21.1. The molecule has 0 saturated carbocycles. The number of ether oxygens (including phenoxy) is 2. The molecule has 0 radical (unpaired) electrons. The van der Waals surface area contributed by atoms with Crippen LogP contribution in [0.15, 0.2) is 48.5 Å². The second-order valence-corrected chi connectivity index (χ2v) is 8.57. The number of nitrogens with zero attached hydrogens (tertiary/aromatic N) is 3. The SMILES string of the molecule is COc1ccc(Cc2nnc(C3CCN(C(=O)Nc4ccc(OC)cc4)CC3)s2)cc1. The Morgan fingerprint density at radius 3 is 2.23 bits per heavy atom. The van der Waals surface area contributed by atoms with Crippen molar-refractivity contribution in [1.82, 2.24) is 15.1 Å². The second kappa shape index (κ2) is 9.78. The summed E-state index contributed by atoms with van der Waals surface area (Å²) in [4.78, 5) is 14.4. The Bertz CT molecular complexity index is 996. The van der Waals surface area contributed by atoms with Crippen LogP contribution in [0.5, 0.6) is 11.5 Å². The topological polar surface area (TPSA) is 76.6 Å². The predicted octanol–water partition coefficient (Wildman–Crippen LogP) is 4.56. The van der Waals surface area contributed by atoms with Gasteiger partial charge in [0.25, 0.3) is 0 Å². The fourth-order valence-electron chi connectivity index (χ4n) is 3.63. The number of anilines is 1. The fourth-order valence-corrected chi connectivity index (χ4v) is 4.67. The Kier molecular flexibility index (Phi) is 6.66. The van der Waals surface area contributed by atoms with Gasteiger partial charge in [0.05, 0.1) is 14.2 Å². The molecule has 0 unspecified atom stereocenters. The maximum atomic E-state index is 12.6. The van der Waals surface area contributed by atoms with Crippen LogP contribution in [-0.4, -0.2) is 48.4 Å². The Labute approximate surface area is 186 Å². The van der Waals surface area contributed by atoms with Crippen molar-refractivity contribution >= 4 is 23.1 Å². The summed E-state index contributed by atoms with van der Waals surface area (Å²) in [6.45, 7) is 1.42. The molecule has 1 aromatic heterocycles. The van der Waals surface area contributed by atoms with Crippen molar-refractivity contribution in [3.8, 4) is 11.5 Å². The average Bonchev–Trinajstić information content (AvgIpc) is 3.28. The van der Waals surface area contributed by atoms with E-state index >= 15 is 0 Å². The van der Waals surface area contributed by atoms with Crippen molar-refractivity contribution in [2.45, 2.75) is 25.2 Å². The molecule has 1 N–H and O–H groups in total. The molecule has 0 bridgehead atoms. The molecule has 3 aromatic rings. The lowest BCUT2D eigenvalue weighted by atomic mass is 9.98. The molecule has 2 amide bonds. The Balaban J connectivity index is 1.28. The first-order chi connectivity index (χ1) is 15.1. The summed E-state index contributed by atoms with van der Waals surface area (Å²) in [7, 11) is 3.29. The number of hydrogen-bond acceptors (Lipinski definition) is 6. The highest BCUT2D eigenvalue weighted by Gasteiger charge is 2.26. The number of hydrogen-bond donors (Lipinski definition) is 1. The number of likely N-dealkylation sites (tertiary alicyclic amines) is 1. The molecule has 162 valence electrons. The van der Waals surface area contributed by atoms with E-state index in [1.807, 2.05) is 41.3 Å². The van der Waals surface area contributed by atoms with Crippen LogP contribution < -0.4 is 14.8 Å². The van der Waals surface area contributed by atoms with E-state index in [2.05, 4.69) is 27.6 Å². The van der Waals surface area contributed by atoms with Crippen molar-refractivity contribution in [1.29, 1.82) is 0 Å². The number of carbonyl (C=O) groups excluding carboxylic acids is 1. The molecule has 1 aliphatic rings. The zero-order valence-corrected chi connectivity index (χ0v) is 18.5. The highest BCUT2D eigenvalue weighted by molar-refractivity contribution is 7.11. The maximum absolute atomic E-state index is 12.6. The van der Waals surface area contributed by atoms with E-state index in [1.165, 1.54) is 5.56 Å². The van der Waals surface area contributed by atoms with Crippen LogP contribution in [0, 0.1) is 0 Å². The molecule has 0 atom stereocenters. The van der Waals surface area contributed by atoms with Crippen LogP contribution in [0.2, 0.25) is 0 Å². The molecule has 1 saturated heterocycles. The number of aromatic nitrogens is 2. The molecule has 1 aliphatic heterocycles. The number of methoxy groups -OCH3 is 2. The lowest BCUT2D eigenvalue weighted by molar-refractivity contribution is 0.194. The quantitative estimate of drug-likeness (QED) is 0.611. The number of urea groups is 1. The van der Waals surface area contributed by atoms with Gasteiger partial charge >= 0.3 is 6.03 Å². The lowest BCUT2D eigenvalue weighted by Gasteiger charge is -2.31. The summed E-state index contributed by atoms with van der Waals surface area (Å²) in [5.74, 6) is 1.97. The number of carbonyl (C=O) groups is 1. The summed E-state index contributed by atoms with van der Waals surface area (Å²) in [5.41, 5.74) is 1.95. The zero-order valence-electron chi connectivity index (χ0n) is 17.7. The van der Waals surface area contributed by atoms with Gasteiger partial charge in [0.15, 0.2) is 0 Å². The van der Waals surface area contributed by atoms with Crippen molar-refractivity contribution in [3.05, 3.63) is 64.1 Å². The molecular formula is C23H26N4O3S. The number of piperidine rings is 1. The molecular weight excluding hydrogens is 412 g/mol. The van der Waals surface area contributed by atoms with E-state index in [9.17, 15) is 4.79 Å². The van der Waals surface area contributed by atoms with Crippen LogP contribution in [-0.2, 0) is 6.42 Å². The van der Waals surface area contributed by atoms with Crippen LogP contribution in [0.1, 0.15) is 34.3 Å². The van der Waals surface area contributed by atoms with Gasteiger partial charge in [-0.1, -0.05) is 12.1 Å². The number of amides is 2. The fraction of sp³-hybridized carbons (Fsp3) is 0.348. The standard InChI is InChI=1S/C23H26N4O3S/c1-29-19-7-3-16(4-8-19)15-21-25-26-22(31-21)17-11-13-27(14-12-17)23(28)24-18-5-9-20(30-2)10-6-18/h3-10,17H,11-15H2,1-2H3,(H,24,28). The molecule has 8 heteroatoms. The summed E-state index contributed by atoms with van der Waals surface area (Å²) in [6.07, 6.45) is 2.56. The summed E-state index contributed by atoms with van der Waals surface area (Å²) >= 11 is 1.68. The minimum Gasteiger partial charge on any atom is -0.497 e.